The molecule has 0 radical (unpaired) electrons. The van der Waals surface area contributed by atoms with E-state index in [1.54, 1.807) is 11.8 Å². The van der Waals surface area contributed by atoms with Crippen LogP contribution in [0.15, 0.2) is 18.2 Å². The average molecular weight is 252 g/mol. The van der Waals surface area contributed by atoms with Crippen molar-refractivity contribution in [2.45, 2.75) is 31.8 Å². The summed E-state index contributed by atoms with van der Waals surface area (Å²) >= 11 is 1.79. The quantitative estimate of drug-likeness (QED) is 0.844. The predicted molar refractivity (Wildman–Crippen MR) is 73.0 cm³/mol. The Labute approximate surface area is 107 Å². The Balaban J connectivity index is 1.83. The first kappa shape index (κ1) is 12.8. The summed E-state index contributed by atoms with van der Waals surface area (Å²) in [6, 6.07) is 6.40. The van der Waals surface area contributed by atoms with Gasteiger partial charge in [0.15, 0.2) is 0 Å². The Bertz CT molecular complexity index is 365. The third-order valence-electron chi connectivity index (χ3n) is 3.18. The summed E-state index contributed by atoms with van der Waals surface area (Å²) in [7, 11) is 0. The van der Waals surface area contributed by atoms with Gasteiger partial charge in [0.05, 0.1) is 12.7 Å². The highest BCUT2D eigenvalue weighted by molar-refractivity contribution is 7.98. The SMILES string of the molecule is CSCCC(O)CCc1ccc2c(c1)CCO2. The molecule has 0 bridgehead atoms. The zero-order valence-electron chi connectivity index (χ0n) is 10.3. The number of ether oxygens (including phenoxy) is 1. The van der Waals surface area contributed by atoms with Crippen LogP contribution in [0.1, 0.15) is 24.0 Å². The number of rotatable bonds is 6. The van der Waals surface area contributed by atoms with E-state index in [1.807, 2.05) is 0 Å². The summed E-state index contributed by atoms with van der Waals surface area (Å²) in [5, 5.41) is 9.80. The highest BCUT2D eigenvalue weighted by Crippen LogP contribution is 2.26. The number of hydrogen-bond acceptors (Lipinski definition) is 3. The Morgan fingerprint density at radius 3 is 3.12 bits per heavy atom. The molecule has 2 nitrogen and oxygen atoms in total. The van der Waals surface area contributed by atoms with Gasteiger partial charge in [0.25, 0.3) is 0 Å². The lowest BCUT2D eigenvalue weighted by atomic mass is 10.0. The molecule has 3 heteroatoms. The molecular weight excluding hydrogens is 232 g/mol. The molecule has 0 saturated carbocycles. The summed E-state index contributed by atoms with van der Waals surface area (Å²) < 4.78 is 5.48. The van der Waals surface area contributed by atoms with Gasteiger partial charge >= 0.3 is 0 Å². The minimum atomic E-state index is -0.160. The molecule has 0 spiro atoms. The number of benzene rings is 1. The maximum Gasteiger partial charge on any atom is 0.122 e. The number of thioether (sulfide) groups is 1. The van der Waals surface area contributed by atoms with Gasteiger partial charge in [-0.25, -0.2) is 0 Å². The van der Waals surface area contributed by atoms with Gasteiger partial charge in [-0.15, -0.1) is 0 Å². The van der Waals surface area contributed by atoms with Crippen molar-refractivity contribution >= 4 is 11.8 Å². The van der Waals surface area contributed by atoms with Gasteiger partial charge in [-0.1, -0.05) is 12.1 Å². The molecular formula is C14H20O2S. The Morgan fingerprint density at radius 1 is 1.41 bits per heavy atom. The normalized spacial score (nSPS) is 15.4. The third-order valence-corrected chi connectivity index (χ3v) is 3.82. The number of aliphatic hydroxyl groups is 1. The second kappa shape index (κ2) is 6.31. The summed E-state index contributed by atoms with van der Waals surface area (Å²) in [5.74, 6) is 2.08. The maximum absolute atomic E-state index is 9.80. The monoisotopic (exact) mass is 252 g/mol. The van der Waals surface area contributed by atoms with E-state index >= 15 is 0 Å². The van der Waals surface area contributed by atoms with E-state index in [2.05, 4.69) is 24.5 Å². The highest BCUT2D eigenvalue weighted by atomic mass is 32.2. The van der Waals surface area contributed by atoms with Crippen LogP contribution < -0.4 is 4.74 Å². The van der Waals surface area contributed by atoms with E-state index in [-0.39, 0.29) is 6.10 Å². The molecule has 17 heavy (non-hydrogen) atoms. The van der Waals surface area contributed by atoms with E-state index in [0.29, 0.717) is 0 Å². The molecule has 0 amide bonds. The van der Waals surface area contributed by atoms with Gasteiger partial charge < -0.3 is 9.84 Å². The number of hydrogen-bond donors (Lipinski definition) is 1. The van der Waals surface area contributed by atoms with Crippen molar-refractivity contribution in [1.82, 2.24) is 0 Å². The molecule has 1 unspecified atom stereocenters. The van der Waals surface area contributed by atoms with Gasteiger partial charge in [-0.2, -0.15) is 11.8 Å². The standard InChI is InChI=1S/C14H20O2S/c1-17-9-7-13(15)4-2-11-3-5-14-12(10-11)6-8-16-14/h3,5,10,13,15H,2,4,6-9H2,1H3. The van der Waals surface area contributed by atoms with Crippen LogP contribution in [0.5, 0.6) is 5.75 Å². The van der Waals surface area contributed by atoms with Crippen molar-refractivity contribution in [3.8, 4) is 5.75 Å². The van der Waals surface area contributed by atoms with Crippen LogP contribution in [0.2, 0.25) is 0 Å². The molecule has 1 atom stereocenters. The first-order valence-corrected chi connectivity index (χ1v) is 7.60. The predicted octanol–water partition coefficient (Wildman–Crippen LogP) is 2.67. The second-order valence-electron chi connectivity index (χ2n) is 4.51. The lowest BCUT2D eigenvalue weighted by Gasteiger charge is -2.10. The van der Waals surface area contributed by atoms with Crippen molar-refractivity contribution in [3.05, 3.63) is 29.3 Å². The van der Waals surface area contributed by atoms with E-state index in [9.17, 15) is 5.11 Å². The molecule has 0 aromatic heterocycles. The number of aliphatic hydroxyl groups excluding tert-OH is 1. The molecule has 94 valence electrons. The smallest absolute Gasteiger partial charge is 0.122 e. The Hall–Kier alpha value is -0.670. The fraction of sp³-hybridized carbons (Fsp3) is 0.571. The van der Waals surface area contributed by atoms with Crippen LogP contribution in [0.25, 0.3) is 0 Å². The van der Waals surface area contributed by atoms with E-state index in [4.69, 9.17) is 4.74 Å². The molecule has 1 aliphatic rings. The fourth-order valence-electron chi connectivity index (χ4n) is 2.13. The second-order valence-corrected chi connectivity index (χ2v) is 5.50. The summed E-state index contributed by atoms with van der Waals surface area (Å²) in [4.78, 5) is 0. The molecule has 2 rings (SSSR count). The number of aryl methyl sites for hydroxylation is 1. The van der Waals surface area contributed by atoms with Crippen molar-refractivity contribution < 1.29 is 9.84 Å². The fourth-order valence-corrected chi connectivity index (χ4v) is 2.63. The van der Waals surface area contributed by atoms with Crippen LogP contribution in [0.3, 0.4) is 0 Å². The van der Waals surface area contributed by atoms with Crippen LogP contribution >= 0.6 is 11.8 Å². The minimum Gasteiger partial charge on any atom is -0.493 e. The van der Waals surface area contributed by atoms with Crippen molar-refractivity contribution in [2.75, 3.05) is 18.6 Å². The Morgan fingerprint density at radius 2 is 2.29 bits per heavy atom. The summed E-state index contributed by atoms with van der Waals surface area (Å²) in [6.07, 6.45) is 5.66. The summed E-state index contributed by atoms with van der Waals surface area (Å²) in [6.45, 7) is 0.815. The van der Waals surface area contributed by atoms with Crippen molar-refractivity contribution in [2.24, 2.45) is 0 Å². The van der Waals surface area contributed by atoms with E-state index < -0.39 is 0 Å². The van der Waals surface area contributed by atoms with Crippen LogP contribution in [0.4, 0.5) is 0 Å². The van der Waals surface area contributed by atoms with Crippen molar-refractivity contribution in [1.29, 1.82) is 0 Å². The molecule has 0 fully saturated rings. The van der Waals surface area contributed by atoms with Crippen LogP contribution in [-0.2, 0) is 12.8 Å². The van der Waals surface area contributed by atoms with E-state index in [0.717, 1.165) is 43.8 Å². The van der Waals surface area contributed by atoms with Crippen LogP contribution in [-0.4, -0.2) is 29.8 Å². The summed E-state index contributed by atoms with van der Waals surface area (Å²) in [5.41, 5.74) is 2.64. The third kappa shape index (κ3) is 3.65. The molecule has 1 aliphatic heterocycles. The maximum atomic E-state index is 9.80. The zero-order valence-corrected chi connectivity index (χ0v) is 11.1. The first-order chi connectivity index (χ1) is 8.29. The van der Waals surface area contributed by atoms with E-state index in [1.165, 1.54) is 11.1 Å². The lowest BCUT2D eigenvalue weighted by Crippen LogP contribution is -2.09. The molecule has 1 heterocycles. The van der Waals surface area contributed by atoms with Gasteiger partial charge in [-0.05, 0) is 48.5 Å². The number of fused-ring (bicyclic) bond motifs is 1. The zero-order chi connectivity index (χ0) is 12.1. The topological polar surface area (TPSA) is 29.5 Å². The average Bonchev–Trinajstić information content (AvgIpc) is 2.81. The van der Waals surface area contributed by atoms with Gasteiger partial charge in [0.2, 0.25) is 0 Å². The first-order valence-electron chi connectivity index (χ1n) is 6.21. The lowest BCUT2D eigenvalue weighted by molar-refractivity contribution is 0.162. The molecule has 0 saturated heterocycles. The molecule has 1 aromatic rings. The molecule has 0 aliphatic carbocycles. The van der Waals surface area contributed by atoms with Gasteiger partial charge in [0, 0.05) is 6.42 Å². The van der Waals surface area contributed by atoms with Gasteiger partial charge in [0.1, 0.15) is 5.75 Å². The molecule has 1 aromatic carbocycles. The van der Waals surface area contributed by atoms with Gasteiger partial charge in [-0.3, -0.25) is 0 Å². The van der Waals surface area contributed by atoms with Crippen LogP contribution in [0, 0.1) is 0 Å². The minimum absolute atomic E-state index is 0.160. The molecule has 1 N–H and O–H groups in total. The highest BCUT2D eigenvalue weighted by Gasteiger charge is 2.12. The van der Waals surface area contributed by atoms with Crippen molar-refractivity contribution in [3.63, 3.8) is 0 Å². The largest absolute Gasteiger partial charge is 0.493 e. The Kier molecular flexibility index (Phi) is 4.75.